The smallest absolute Gasteiger partial charge is 0.319 e. The van der Waals surface area contributed by atoms with E-state index in [2.05, 4.69) is 5.32 Å². The van der Waals surface area contributed by atoms with Crippen LogP contribution < -0.4 is 5.32 Å². The molecule has 1 aliphatic rings. The Kier molecular flexibility index (Phi) is 4.74. The topological polar surface area (TPSA) is 90.3 Å². The second kappa shape index (κ2) is 7.00. The van der Waals surface area contributed by atoms with Crippen LogP contribution in [0.5, 0.6) is 0 Å². The first kappa shape index (κ1) is 18.3. The molecule has 0 aliphatic carbocycles. The predicted molar refractivity (Wildman–Crippen MR) is 94.1 cm³/mol. The van der Waals surface area contributed by atoms with E-state index in [9.17, 15) is 18.8 Å². The highest BCUT2D eigenvalue weighted by Gasteiger charge is 2.48. The number of rotatable bonds is 5. The van der Waals surface area contributed by atoms with Crippen molar-refractivity contribution < 1.29 is 18.8 Å². The Bertz CT molecular complexity index is 965. The van der Waals surface area contributed by atoms with Gasteiger partial charge in [-0.15, -0.1) is 0 Å². The van der Waals surface area contributed by atoms with Crippen LogP contribution in [0.15, 0.2) is 48.5 Å². The lowest BCUT2D eigenvalue weighted by Gasteiger charge is -2.22. The molecule has 1 unspecified atom stereocenters. The Morgan fingerprint density at radius 1 is 1.22 bits per heavy atom. The first-order chi connectivity index (χ1) is 12.8. The van der Waals surface area contributed by atoms with E-state index in [4.69, 9.17) is 5.26 Å². The number of nitrogens with one attached hydrogen (secondary N) is 1. The van der Waals surface area contributed by atoms with E-state index in [1.54, 1.807) is 31.2 Å². The summed E-state index contributed by atoms with van der Waals surface area (Å²) in [4.78, 5) is 38.3. The van der Waals surface area contributed by atoms with Crippen molar-refractivity contribution in [2.75, 3.05) is 6.54 Å². The third-order valence-electron chi connectivity index (χ3n) is 4.57. The molecule has 1 atom stereocenters. The Morgan fingerprint density at radius 2 is 1.93 bits per heavy atom. The number of imide groups is 1. The number of carbonyl (C=O) groups is 3. The summed E-state index contributed by atoms with van der Waals surface area (Å²) in [6.45, 7) is 1.47. The molecule has 1 aliphatic heterocycles. The van der Waals surface area contributed by atoms with Gasteiger partial charge in [0.2, 0.25) is 0 Å². The predicted octanol–water partition coefficient (Wildman–Crippen LogP) is 2.74. The van der Waals surface area contributed by atoms with Gasteiger partial charge in [-0.25, -0.2) is 9.18 Å². The molecule has 27 heavy (non-hydrogen) atoms. The van der Waals surface area contributed by atoms with Gasteiger partial charge in [0.15, 0.2) is 5.78 Å². The zero-order chi connectivity index (χ0) is 19.6. The van der Waals surface area contributed by atoms with Gasteiger partial charge in [-0.2, -0.15) is 5.26 Å². The summed E-state index contributed by atoms with van der Waals surface area (Å²) in [5.41, 5.74) is -0.121. The van der Waals surface area contributed by atoms with Crippen LogP contribution in [0, 0.1) is 17.1 Å². The van der Waals surface area contributed by atoms with Gasteiger partial charge in [0.05, 0.1) is 11.6 Å². The number of carbonyl (C=O) groups excluding carboxylic acids is 3. The fourth-order valence-corrected chi connectivity index (χ4v) is 2.99. The lowest BCUT2D eigenvalue weighted by molar-refractivity contribution is -0.131. The average molecular weight is 365 g/mol. The monoisotopic (exact) mass is 365 g/mol. The molecule has 0 saturated carbocycles. The third kappa shape index (κ3) is 3.42. The van der Waals surface area contributed by atoms with Gasteiger partial charge in [-0.3, -0.25) is 14.5 Å². The van der Waals surface area contributed by atoms with Gasteiger partial charge in [0, 0.05) is 18.5 Å². The molecule has 7 heteroatoms. The van der Waals surface area contributed by atoms with Crippen LogP contribution in [0.4, 0.5) is 9.18 Å². The first-order valence-corrected chi connectivity index (χ1v) is 8.28. The van der Waals surface area contributed by atoms with E-state index in [-0.39, 0.29) is 18.7 Å². The maximum Gasteiger partial charge on any atom is 0.325 e. The van der Waals surface area contributed by atoms with E-state index < -0.39 is 23.3 Å². The largest absolute Gasteiger partial charge is 0.325 e. The van der Waals surface area contributed by atoms with Gasteiger partial charge >= 0.3 is 6.03 Å². The number of hydrogen-bond acceptors (Lipinski definition) is 4. The van der Waals surface area contributed by atoms with Crippen molar-refractivity contribution >= 4 is 17.7 Å². The normalized spacial score (nSPS) is 18.9. The van der Waals surface area contributed by atoms with Crippen LogP contribution in [0.2, 0.25) is 0 Å². The Balaban J connectivity index is 1.75. The van der Waals surface area contributed by atoms with Crippen molar-refractivity contribution in [2.24, 2.45) is 0 Å². The van der Waals surface area contributed by atoms with E-state index in [0.717, 1.165) is 4.90 Å². The quantitative estimate of drug-likeness (QED) is 0.652. The van der Waals surface area contributed by atoms with Gasteiger partial charge in [-0.05, 0) is 48.9 Å². The SMILES string of the molecule is CC1(c2cccc(C#N)c2)NC(=O)N(CCC(=O)c2ccc(F)cc2)C1=O. The molecule has 2 aromatic rings. The van der Waals surface area contributed by atoms with Gasteiger partial charge in [0.25, 0.3) is 5.91 Å². The Hall–Kier alpha value is -3.53. The summed E-state index contributed by atoms with van der Waals surface area (Å²) in [6, 6.07) is 12.9. The molecule has 136 valence electrons. The van der Waals surface area contributed by atoms with Crippen LogP contribution in [0.1, 0.15) is 34.8 Å². The molecule has 0 bridgehead atoms. The molecule has 0 aromatic heterocycles. The fourth-order valence-electron chi connectivity index (χ4n) is 2.99. The minimum atomic E-state index is -1.30. The zero-order valence-corrected chi connectivity index (χ0v) is 14.5. The van der Waals surface area contributed by atoms with E-state index >= 15 is 0 Å². The third-order valence-corrected chi connectivity index (χ3v) is 4.57. The van der Waals surface area contributed by atoms with Gasteiger partial charge in [-0.1, -0.05) is 12.1 Å². The summed E-state index contributed by atoms with van der Waals surface area (Å²) in [7, 11) is 0. The molecule has 1 saturated heterocycles. The summed E-state index contributed by atoms with van der Waals surface area (Å²) in [6.07, 6.45) is -0.0703. The lowest BCUT2D eigenvalue weighted by Crippen LogP contribution is -2.41. The van der Waals surface area contributed by atoms with E-state index in [1.807, 2.05) is 6.07 Å². The van der Waals surface area contributed by atoms with Crippen LogP contribution in [0.25, 0.3) is 0 Å². The maximum atomic E-state index is 12.9. The number of urea groups is 1. The number of nitrogens with zero attached hydrogens (tertiary/aromatic N) is 2. The summed E-state index contributed by atoms with van der Waals surface area (Å²) < 4.78 is 12.9. The van der Waals surface area contributed by atoms with Crippen molar-refractivity contribution in [3.05, 3.63) is 71.0 Å². The van der Waals surface area contributed by atoms with Crippen molar-refractivity contribution in [1.29, 1.82) is 5.26 Å². The minimum absolute atomic E-state index is 0.0703. The molecule has 1 fully saturated rings. The van der Waals surface area contributed by atoms with Gasteiger partial charge < -0.3 is 5.32 Å². The molecule has 2 aromatic carbocycles. The fraction of sp³-hybridized carbons (Fsp3) is 0.200. The van der Waals surface area contributed by atoms with Crippen LogP contribution in [0.3, 0.4) is 0 Å². The number of halogens is 1. The van der Waals surface area contributed by atoms with E-state index in [1.165, 1.54) is 24.3 Å². The summed E-state index contributed by atoms with van der Waals surface area (Å²) in [5, 5.41) is 11.7. The highest BCUT2D eigenvalue weighted by atomic mass is 19.1. The number of Topliss-reactive ketones (excluding diaryl/α,β-unsaturated/α-hetero) is 1. The lowest BCUT2D eigenvalue weighted by atomic mass is 9.91. The summed E-state index contributed by atoms with van der Waals surface area (Å²) >= 11 is 0. The standard InChI is InChI=1S/C20H16FN3O3/c1-20(15-4-2-3-13(11-15)12-22)18(26)24(19(27)23-20)10-9-17(25)14-5-7-16(21)8-6-14/h2-8,11H,9-10H2,1H3,(H,23,27). The second-order valence-electron chi connectivity index (χ2n) is 6.38. The Morgan fingerprint density at radius 3 is 2.59 bits per heavy atom. The number of benzene rings is 2. The molecule has 3 rings (SSSR count). The first-order valence-electron chi connectivity index (χ1n) is 8.28. The maximum absolute atomic E-state index is 12.9. The average Bonchev–Trinajstić information content (AvgIpc) is 2.90. The minimum Gasteiger partial charge on any atom is -0.319 e. The number of hydrogen-bond donors (Lipinski definition) is 1. The van der Waals surface area contributed by atoms with Crippen molar-refractivity contribution in [3.8, 4) is 6.07 Å². The highest BCUT2D eigenvalue weighted by molar-refractivity contribution is 6.07. The zero-order valence-electron chi connectivity index (χ0n) is 14.5. The molecule has 6 nitrogen and oxygen atoms in total. The Labute approximate surface area is 155 Å². The number of ketones is 1. The second-order valence-corrected chi connectivity index (χ2v) is 6.38. The van der Waals surface area contributed by atoms with E-state index in [0.29, 0.717) is 16.7 Å². The van der Waals surface area contributed by atoms with Crippen LogP contribution >= 0.6 is 0 Å². The van der Waals surface area contributed by atoms with Crippen molar-refractivity contribution in [2.45, 2.75) is 18.9 Å². The van der Waals surface area contributed by atoms with Crippen LogP contribution in [-0.4, -0.2) is 29.2 Å². The molecule has 3 amide bonds. The van der Waals surface area contributed by atoms with Crippen LogP contribution in [-0.2, 0) is 10.3 Å². The molecule has 0 spiro atoms. The molecular formula is C20H16FN3O3. The molecule has 1 N–H and O–H groups in total. The number of amides is 3. The van der Waals surface area contributed by atoms with Crippen molar-refractivity contribution in [1.82, 2.24) is 10.2 Å². The molecular weight excluding hydrogens is 349 g/mol. The number of nitriles is 1. The summed E-state index contributed by atoms with van der Waals surface area (Å²) in [5.74, 6) is -1.24. The highest BCUT2D eigenvalue weighted by Crippen LogP contribution is 2.29. The van der Waals surface area contributed by atoms with Crippen molar-refractivity contribution in [3.63, 3.8) is 0 Å². The van der Waals surface area contributed by atoms with Gasteiger partial charge in [0.1, 0.15) is 11.4 Å². The molecule has 1 heterocycles. The molecule has 0 radical (unpaired) electrons.